The maximum atomic E-state index is 13.2. The van der Waals surface area contributed by atoms with Crippen LogP contribution in [0, 0.1) is 5.82 Å². The third-order valence-corrected chi connectivity index (χ3v) is 6.17. The van der Waals surface area contributed by atoms with E-state index in [9.17, 15) is 17.6 Å². The zero-order valence-electron chi connectivity index (χ0n) is 16.3. The molecule has 0 fully saturated rings. The molecule has 1 amide bonds. The second-order valence-electron chi connectivity index (χ2n) is 6.43. The fourth-order valence-corrected chi connectivity index (χ4v) is 4.21. The summed E-state index contributed by atoms with van der Waals surface area (Å²) < 4.78 is 45.6. The lowest BCUT2D eigenvalue weighted by atomic mass is 10.2. The number of hydrogen-bond donors (Lipinski definition) is 1. The number of carbonyl (C=O) groups excluding carboxylic acids is 1. The number of methoxy groups -OCH3 is 1. The number of nitrogens with zero attached hydrogens (tertiary/aromatic N) is 1. The maximum Gasteiger partial charge on any atom is 0.264 e. The number of amides is 1. The Labute approximate surface area is 175 Å². The van der Waals surface area contributed by atoms with E-state index in [1.54, 1.807) is 54.6 Å². The van der Waals surface area contributed by atoms with Crippen molar-refractivity contribution in [2.45, 2.75) is 11.4 Å². The van der Waals surface area contributed by atoms with Gasteiger partial charge in [0.05, 0.1) is 17.7 Å². The lowest BCUT2D eigenvalue weighted by Crippen LogP contribution is -2.40. The van der Waals surface area contributed by atoms with Gasteiger partial charge < -0.3 is 10.1 Å². The lowest BCUT2D eigenvalue weighted by Gasteiger charge is -2.24. The van der Waals surface area contributed by atoms with Crippen LogP contribution in [0.3, 0.4) is 0 Å². The molecule has 0 heterocycles. The van der Waals surface area contributed by atoms with Crippen LogP contribution in [0.1, 0.15) is 5.56 Å². The summed E-state index contributed by atoms with van der Waals surface area (Å²) in [6.45, 7) is -0.258. The Hall–Kier alpha value is -3.39. The van der Waals surface area contributed by atoms with Crippen LogP contribution in [0.5, 0.6) is 5.75 Å². The normalized spacial score (nSPS) is 11.0. The number of rotatable bonds is 8. The van der Waals surface area contributed by atoms with Crippen LogP contribution in [-0.4, -0.2) is 28.0 Å². The average Bonchev–Trinajstić information content (AvgIpc) is 2.77. The van der Waals surface area contributed by atoms with Crippen LogP contribution in [0.2, 0.25) is 0 Å². The predicted molar refractivity (Wildman–Crippen MR) is 112 cm³/mol. The molecular formula is C22H21FN2O4S. The van der Waals surface area contributed by atoms with Crippen molar-refractivity contribution in [2.75, 3.05) is 18.0 Å². The highest BCUT2D eigenvalue weighted by Gasteiger charge is 2.27. The molecule has 0 aliphatic rings. The van der Waals surface area contributed by atoms with Gasteiger partial charge >= 0.3 is 0 Å². The van der Waals surface area contributed by atoms with Crippen molar-refractivity contribution >= 4 is 21.6 Å². The zero-order valence-corrected chi connectivity index (χ0v) is 17.1. The number of nitrogens with one attached hydrogen (secondary N) is 1. The van der Waals surface area contributed by atoms with Gasteiger partial charge in [-0.15, -0.1) is 0 Å². The molecule has 3 aromatic carbocycles. The molecule has 0 saturated carbocycles. The van der Waals surface area contributed by atoms with E-state index in [0.29, 0.717) is 17.0 Å². The highest BCUT2D eigenvalue weighted by Crippen LogP contribution is 2.25. The molecule has 156 valence electrons. The van der Waals surface area contributed by atoms with Crippen LogP contribution in [-0.2, 0) is 21.4 Å². The molecule has 0 aliphatic carbocycles. The molecule has 3 aromatic rings. The van der Waals surface area contributed by atoms with Crippen molar-refractivity contribution in [1.29, 1.82) is 0 Å². The molecule has 8 heteroatoms. The molecule has 0 aliphatic heterocycles. The summed E-state index contributed by atoms with van der Waals surface area (Å²) in [6.07, 6.45) is 0. The summed E-state index contributed by atoms with van der Waals surface area (Å²) in [7, 11) is -2.46. The van der Waals surface area contributed by atoms with Crippen LogP contribution in [0.15, 0.2) is 83.8 Å². The second-order valence-corrected chi connectivity index (χ2v) is 8.29. The molecule has 0 saturated heterocycles. The SMILES string of the molecule is COc1ccc(N(CC(=O)NCc2ccc(F)cc2)S(=O)(=O)c2ccccc2)cc1. The summed E-state index contributed by atoms with van der Waals surface area (Å²) in [4.78, 5) is 12.6. The lowest BCUT2D eigenvalue weighted by molar-refractivity contribution is -0.119. The van der Waals surface area contributed by atoms with Gasteiger partial charge in [0.25, 0.3) is 10.0 Å². The van der Waals surface area contributed by atoms with Crippen molar-refractivity contribution < 1.29 is 22.3 Å². The van der Waals surface area contributed by atoms with E-state index in [1.807, 2.05) is 0 Å². The van der Waals surface area contributed by atoms with Gasteiger partial charge in [-0.2, -0.15) is 0 Å². The van der Waals surface area contributed by atoms with E-state index in [4.69, 9.17) is 4.74 Å². The van der Waals surface area contributed by atoms with Crippen molar-refractivity contribution in [3.8, 4) is 5.75 Å². The standard InChI is InChI=1S/C22H21FN2O4S/c1-29-20-13-11-19(12-14-20)25(30(27,28)21-5-3-2-4-6-21)16-22(26)24-15-17-7-9-18(23)10-8-17/h2-14H,15-16H2,1H3,(H,24,26). The molecule has 3 rings (SSSR count). The Kier molecular flexibility index (Phi) is 6.68. The molecular weight excluding hydrogens is 407 g/mol. The number of anilines is 1. The van der Waals surface area contributed by atoms with Gasteiger partial charge in [-0.05, 0) is 54.1 Å². The molecule has 0 radical (unpaired) electrons. The number of sulfonamides is 1. The largest absolute Gasteiger partial charge is 0.497 e. The third-order valence-electron chi connectivity index (χ3n) is 4.38. The Balaban J connectivity index is 1.83. The molecule has 30 heavy (non-hydrogen) atoms. The number of benzene rings is 3. The van der Waals surface area contributed by atoms with Gasteiger partial charge in [-0.3, -0.25) is 9.10 Å². The summed E-state index contributed by atoms with van der Waals surface area (Å²) in [5.41, 5.74) is 1.03. The Bertz CT molecular complexity index is 1090. The average molecular weight is 428 g/mol. The predicted octanol–water partition coefficient (Wildman–Crippen LogP) is 3.35. The van der Waals surface area contributed by atoms with Gasteiger partial charge in [-0.25, -0.2) is 12.8 Å². The highest BCUT2D eigenvalue weighted by molar-refractivity contribution is 7.92. The van der Waals surface area contributed by atoms with Crippen molar-refractivity contribution in [1.82, 2.24) is 5.32 Å². The first-order valence-electron chi connectivity index (χ1n) is 9.13. The van der Waals surface area contributed by atoms with E-state index in [1.165, 1.54) is 31.4 Å². The first-order valence-corrected chi connectivity index (χ1v) is 10.6. The topological polar surface area (TPSA) is 75.7 Å². The fraction of sp³-hybridized carbons (Fsp3) is 0.136. The summed E-state index contributed by atoms with van der Waals surface area (Å²) in [5, 5.41) is 2.67. The highest BCUT2D eigenvalue weighted by atomic mass is 32.2. The smallest absolute Gasteiger partial charge is 0.264 e. The van der Waals surface area contributed by atoms with Crippen molar-refractivity contribution in [2.24, 2.45) is 0 Å². The molecule has 0 bridgehead atoms. The van der Waals surface area contributed by atoms with Crippen LogP contribution < -0.4 is 14.4 Å². The zero-order chi connectivity index (χ0) is 21.6. The molecule has 0 atom stereocenters. The number of carbonyl (C=O) groups is 1. The maximum absolute atomic E-state index is 13.2. The number of hydrogen-bond acceptors (Lipinski definition) is 4. The van der Waals surface area contributed by atoms with E-state index in [-0.39, 0.29) is 17.3 Å². The van der Waals surface area contributed by atoms with Crippen molar-refractivity contribution in [3.05, 3.63) is 90.2 Å². The van der Waals surface area contributed by atoms with E-state index >= 15 is 0 Å². The summed E-state index contributed by atoms with van der Waals surface area (Å²) in [6, 6.07) is 20.0. The fourth-order valence-electron chi connectivity index (χ4n) is 2.77. The van der Waals surface area contributed by atoms with E-state index in [0.717, 1.165) is 4.31 Å². The van der Waals surface area contributed by atoms with E-state index < -0.39 is 22.5 Å². The Morgan fingerprint density at radius 1 is 0.967 bits per heavy atom. The monoisotopic (exact) mass is 428 g/mol. The Morgan fingerprint density at radius 2 is 1.60 bits per heavy atom. The molecule has 6 nitrogen and oxygen atoms in total. The van der Waals surface area contributed by atoms with Gasteiger partial charge in [-0.1, -0.05) is 30.3 Å². The van der Waals surface area contributed by atoms with E-state index in [2.05, 4.69) is 5.32 Å². The quantitative estimate of drug-likeness (QED) is 0.597. The van der Waals surface area contributed by atoms with Gasteiger partial charge in [0.15, 0.2) is 0 Å². The van der Waals surface area contributed by atoms with Crippen LogP contribution in [0.25, 0.3) is 0 Å². The molecule has 0 unspecified atom stereocenters. The minimum Gasteiger partial charge on any atom is -0.497 e. The van der Waals surface area contributed by atoms with Gasteiger partial charge in [0, 0.05) is 6.54 Å². The summed E-state index contributed by atoms with van der Waals surface area (Å²) >= 11 is 0. The third kappa shape index (κ3) is 5.15. The Morgan fingerprint density at radius 3 is 2.20 bits per heavy atom. The van der Waals surface area contributed by atoms with Crippen LogP contribution >= 0.6 is 0 Å². The minimum atomic E-state index is -3.98. The summed E-state index contributed by atoms with van der Waals surface area (Å²) in [5.74, 6) is -0.295. The number of halogens is 1. The van der Waals surface area contributed by atoms with Crippen molar-refractivity contribution in [3.63, 3.8) is 0 Å². The first-order chi connectivity index (χ1) is 14.4. The number of ether oxygens (including phenoxy) is 1. The molecule has 1 N–H and O–H groups in total. The minimum absolute atomic E-state index is 0.0761. The van der Waals surface area contributed by atoms with Crippen LogP contribution in [0.4, 0.5) is 10.1 Å². The first kappa shape index (κ1) is 21.3. The second kappa shape index (κ2) is 9.41. The van der Waals surface area contributed by atoms with Gasteiger partial charge in [0.2, 0.25) is 5.91 Å². The molecule has 0 aromatic heterocycles. The van der Waals surface area contributed by atoms with Gasteiger partial charge in [0.1, 0.15) is 18.1 Å². The molecule has 0 spiro atoms.